The van der Waals surface area contributed by atoms with E-state index in [1.54, 1.807) is 36.5 Å². The zero-order chi connectivity index (χ0) is 13.1. The first-order valence-corrected chi connectivity index (χ1v) is 5.47. The van der Waals surface area contributed by atoms with E-state index in [-0.39, 0.29) is 5.56 Å². The topological polar surface area (TPSA) is 59.4 Å². The van der Waals surface area contributed by atoms with Gasteiger partial charge in [-0.2, -0.15) is 0 Å². The van der Waals surface area contributed by atoms with E-state index in [1.807, 2.05) is 6.92 Å². The zero-order valence-electron chi connectivity index (χ0n) is 10.2. The molecule has 4 heteroatoms. The summed E-state index contributed by atoms with van der Waals surface area (Å²) in [7, 11) is 1.54. The summed E-state index contributed by atoms with van der Waals surface area (Å²) in [6.45, 7) is 1.91. The fraction of sp³-hybridized carbons (Fsp3) is 0.143. The van der Waals surface area contributed by atoms with Gasteiger partial charge in [0.2, 0.25) is 0 Å². The smallest absolute Gasteiger partial charge is 0.336 e. The number of rotatable bonds is 3. The quantitative estimate of drug-likeness (QED) is 0.900. The van der Waals surface area contributed by atoms with Crippen LogP contribution in [-0.2, 0) is 0 Å². The molecule has 0 atom stereocenters. The fourth-order valence-electron chi connectivity index (χ4n) is 1.80. The molecule has 1 aromatic heterocycles. The molecule has 0 radical (unpaired) electrons. The van der Waals surface area contributed by atoms with Crippen LogP contribution in [0.2, 0.25) is 0 Å². The minimum absolute atomic E-state index is 0.220. The highest BCUT2D eigenvalue weighted by molar-refractivity contribution is 5.96. The van der Waals surface area contributed by atoms with Crippen molar-refractivity contribution in [2.45, 2.75) is 6.92 Å². The number of aryl methyl sites for hydroxylation is 1. The molecule has 0 spiro atoms. The van der Waals surface area contributed by atoms with E-state index in [9.17, 15) is 9.90 Å². The predicted molar refractivity (Wildman–Crippen MR) is 67.9 cm³/mol. The molecule has 2 rings (SSSR count). The van der Waals surface area contributed by atoms with Crippen LogP contribution in [0.4, 0.5) is 0 Å². The SMILES string of the molecule is COc1cccnc1-c1cc(C)ccc1C(=O)O. The Labute approximate surface area is 105 Å². The molecule has 1 N–H and O–H groups in total. The van der Waals surface area contributed by atoms with Gasteiger partial charge in [-0.05, 0) is 31.2 Å². The molecule has 0 unspecified atom stereocenters. The Bertz CT molecular complexity index is 593. The van der Waals surface area contributed by atoms with Crippen molar-refractivity contribution in [3.8, 4) is 17.0 Å². The molecule has 1 aromatic carbocycles. The lowest BCUT2D eigenvalue weighted by Crippen LogP contribution is -2.02. The van der Waals surface area contributed by atoms with E-state index in [0.29, 0.717) is 17.0 Å². The molecule has 0 fully saturated rings. The van der Waals surface area contributed by atoms with Crippen LogP contribution in [0.25, 0.3) is 11.3 Å². The Kier molecular flexibility index (Phi) is 3.28. The van der Waals surface area contributed by atoms with Gasteiger partial charge in [0, 0.05) is 11.8 Å². The summed E-state index contributed by atoms with van der Waals surface area (Å²) in [5, 5.41) is 9.21. The molecule has 0 saturated heterocycles. The average molecular weight is 243 g/mol. The van der Waals surface area contributed by atoms with Crippen LogP contribution in [0.15, 0.2) is 36.5 Å². The van der Waals surface area contributed by atoms with Crippen LogP contribution in [0.1, 0.15) is 15.9 Å². The number of carbonyl (C=O) groups is 1. The molecule has 2 aromatic rings. The third-order valence-electron chi connectivity index (χ3n) is 2.65. The zero-order valence-corrected chi connectivity index (χ0v) is 10.2. The molecular weight excluding hydrogens is 230 g/mol. The Morgan fingerprint density at radius 2 is 2.11 bits per heavy atom. The van der Waals surface area contributed by atoms with Crippen LogP contribution in [0.5, 0.6) is 5.75 Å². The summed E-state index contributed by atoms with van der Waals surface area (Å²) in [4.78, 5) is 15.5. The normalized spacial score (nSPS) is 10.1. The van der Waals surface area contributed by atoms with E-state index in [0.717, 1.165) is 5.56 Å². The van der Waals surface area contributed by atoms with Crippen molar-refractivity contribution in [2.24, 2.45) is 0 Å². The summed E-state index contributed by atoms with van der Waals surface area (Å²) >= 11 is 0. The molecular formula is C14H13NO3. The average Bonchev–Trinajstić information content (AvgIpc) is 2.38. The second-order valence-corrected chi connectivity index (χ2v) is 3.91. The maximum absolute atomic E-state index is 11.2. The van der Waals surface area contributed by atoms with Gasteiger partial charge in [-0.3, -0.25) is 4.98 Å². The number of aromatic nitrogens is 1. The molecule has 92 valence electrons. The second-order valence-electron chi connectivity index (χ2n) is 3.91. The molecule has 18 heavy (non-hydrogen) atoms. The molecule has 0 aliphatic carbocycles. The van der Waals surface area contributed by atoms with Gasteiger partial charge < -0.3 is 9.84 Å². The first-order chi connectivity index (χ1) is 8.63. The van der Waals surface area contributed by atoms with Gasteiger partial charge in [0.25, 0.3) is 0 Å². The first kappa shape index (κ1) is 12.1. The van der Waals surface area contributed by atoms with Gasteiger partial charge in [-0.25, -0.2) is 4.79 Å². The first-order valence-electron chi connectivity index (χ1n) is 5.47. The number of ether oxygens (including phenoxy) is 1. The molecule has 0 amide bonds. The molecule has 0 aliphatic rings. The molecule has 1 heterocycles. The maximum Gasteiger partial charge on any atom is 0.336 e. The van der Waals surface area contributed by atoms with Crippen molar-refractivity contribution in [1.29, 1.82) is 0 Å². The van der Waals surface area contributed by atoms with Crippen molar-refractivity contribution in [2.75, 3.05) is 7.11 Å². The summed E-state index contributed by atoms with van der Waals surface area (Å²) in [5.74, 6) is -0.414. The summed E-state index contributed by atoms with van der Waals surface area (Å²) in [6, 6.07) is 8.66. The van der Waals surface area contributed by atoms with E-state index >= 15 is 0 Å². The number of hydrogen-bond donors (Lipinski definition) is 1. The van der Waals surface area contributed by atoms with E-state index < -0.39 is 5.97 Å². The lowest BCUT2D eigenvalue weighted by molar-refractivity contribution is 0.0697. The highest BCUT2D eigenvalue weighted by Gasteiger charge is 2.15. The van der Waals surface area contributed by atoms with Crippen LogP contribution in [0.3, 0.4) is 0 Å². The Balaban J connectivity index is 2.69. The van der Waals surface area contributed by atoms with Gasteiger partial charge in [0.05, 0.1) is 12.7 Å². The van der Waals surface area contributed by atoms with Gasteiger partial charge in [0.1, 0.15) is 11.4 Å². The molecule has 0 saturated carbocycles. The minimum atomic E-state index is -0.974. The van der Waals surface area contributed by atoms with Crippen LogP contribution in [-0.4, -0.2) is 23.2 Å². The number of hydrogen-bond acceptors (Lipinski definition) is 3. The maximum atomic E-state index is 11.2. The van der Waals surface area contributed by atoms with Crippen LogP contribution in [0, 0.1) is 6.92 Å². The monoisotopic (exact) mass is 243 g/mol. The molecule has 0 bridgehead atoms. The molecule has 4 nitrogen and oxygen atoms in total. The Morgan fingerprint density at radius 3 is 2.78 bits per heavy atom. The van der Waals surface area contributed by atoms with Crippen molar-refractivity contribution >= 4 is 5.97 Å². The highest BCUT2D eigenvalue weighted by Crippen LogP contribution is 2.30. The lowest BCUT2D eigenvalue weighted by atomic mass is 10.0. The number of carboxylic acids is 1. The largest absolute Gasteiger partial charge is 0.494 e. The van der Waals surface area contributed by atoms with E-state index in [4.69, 9.17) is 4.74 Å². The minimum Gasteiger partial charge on any atom is -0.494 e. The van der Waals surface area contributed by atoms with Crippen molar-refractivity contribution in [3.05, 3.63) is 47.7 Å². The number of carboxylic acid groups (broad SMARTS) is 1. The number of benzene rings is 1. The number of methoxy groups -OCH3 is 1. The summed E-state index contributed by atoms with van der Waals surface area (Å²) in [6.07, 6.45) is 1.62. The Hall–Kier alpha value is -2.36. The standard InChI is InChI=1S/C14H13NO3/c1-9-5-6-10(14(16)17)11(8-9)13-12(18-2)4-3-7-15-13/h3-8H,1-2H3,(H,16,17). The number of pyridine rings is 1. The third kappa shape index (κ3) is 2.18. The number of nitrogens with zero attached hydrogens (tertiary/aromatic N) is 1. The van der Waals surface area contributed by atoms with Crippen LogP contribution < -0.4 is 4.74 Å². The molecule has 0 aliphatic heterocycles. The summed E-state index contributed by atoms with van der Waals surface area (Å²) < 4.78 is 5.22. The van der Waals surface area contributed by atoms with Gasteiger partial charge in [-0.15, -0.1) is 0 Å². The van der Waals surface area contributed by atoms with E-state index in [1.165, 1.54) is 7.11 Å². The van der Waals surface area contributed by atoms with Gasteiger partial charge >= 0.3 is 5.97 Å². The fourth-order valence-corrected chi connectivity index (χ4v) is 1.80. The summed E-state index contributed by atoms with van der Waals surface area (Å²) in [5.41, 5.74) is 2.31. The van der Waals surface area contributed by atoms with Crippen molar-refractivity contribution < 1.29 is 14.6 Å². The highest BCUT2D eigenvalue weighted by atomic mass is 16.5. The van der Waals surface area contributed by atoms with E-state index in [2.05, 4.69) is 4.98 Å². The number of aromatic carboxylic acids is 1. The second kappa shape index (κ2) is 4.87. The predicted octanol–water partition coefficient (Wildman–Crippen LogP) is 2.76. The van der Waals surface area contributed by atoms with Crippen molar-refractivity contribution in [3.63, 3.8) is 0 Å². The lowest BCUT2D eigenvalue weighted by Gasteiger charge is -2.10. The van der Waals surface area contributed by atoms with Crippen LogP contribution >= 0.6 is 0 Å². The Morgan fingerprint density at radius 1 is 1.33 bits per heavy atom. The van der Waals surface area contributed by atoms with Gasteiger partial charge in [0.15, 0.2) is 0 Å². The van der Waals surface area contributed by atoms with Crippen molar-refractivity contribution in [1.82, 2.24) is 4.98 Å². The van der Waals surface area contributed by atoms with Gasteiger partial charge in [-0.1, -0.05) is 11.6 Å². The third-order valence-corrected chi connectivity index (χ3v) is 2.65.